The summed E-state index contributed by atoms with van der Waals surface area (Å²) in [5.41, 5.74) is 0. The summed E-state index contributed by atoms with van der Waals surface area (Å²) in [6.07, 6.45) is 1.86. The van der Waals surface area contributed by atoms with Crippen LogP contribution in [0, 0.1) is 5.92 Å². The largest absolute Gasteiger partial charge is 0.396 e. The zero-order chi connectivity index (χ0) is 12.3. The summed E-state index contributed by atoms with van der Waals surface area (Å²) in [4.78, 5) is 14.1. The van der Waals surface area contributed by atoms with Crippen molar-refractivity contribution in [1.29, 1.82) is 0 Å². The van der Waals surface area contributed by atoms with E-state index in [4.69, 9.17) is 5.11 Å². The minimum absolute atomic E-state index is 0.0723. The van der Waals surface area contributed by atoms with Crippen LogP contribution >= 0.6 is 0 Å². The van der Waals surface area contributed by atoms with Gasteiger partial charge in [0.1, 0.15) is 0 Å². The lowest BCUT2D eigenvalue weighted by molar-refractivity contribution is -0.135. The maximum Gasteiger partial charge on any atom is 0.241 e. The van der Waals surface area contributed by atoms with Gasteiger partial charge in [0.25, 0.3) is 0 Å². The number of aliphatic hydroxyl groups is 1. The zero-order valence-corrected chi connectivity index (χ0v) is 10.5. The first kappa shape index (κ1) is 12.8. The molecule has 0 aliphatic carbocycles. The van der Waals surface area contributed by atoms with E-state index in [2.05, 4.69) is 17.6 Å². The fourth-order valence-corrected chi connectivity index (χ4v) is 2.51. The molecule has 0 aromatic heterocycles. The molecule has 2 atom stereocenters. The van der Waals surface area contributed by atoms with Crippen molar-refractivity contribution in [2.75, 3.05) is 32.8 Å². The Labute approximate surface area is 103 Å². The molecule has 17 heavy (non-hydrogen) atoms. The molecule has 0 aromatic carbocycles. The second-order valence-corrected chi connectivity index (χ2v) is 5.22. The third-order valence-corrected chi connectivity index (χ3v) is 3.82. The fraction of sp³-hybridized carbons (Fsp3) is 0.917. The van der Waals surface area contributed by atoms with Crippen molar-refractivity contribution in [3.05, 3.63) is 0 Å². The van der Waals surface area contributed by atoms with Gasteiger partial charge in [0, 0.05) is 38.8 Å². The van der Waals surface area contributed by atoms with Crippen LogP contribution in [0.25, 0.3) is 0 Å². The van der Waals surface area contributed by atoms with Gasteiger partial charge in [-0.1, -0.05) is 0 Å². The molecule has 5 nitrogen and oxygen atoms in total. The van der Waals surface area contributed by atoms with Crippen molar-refractivity contribution in [3.8, 4) is 0 Å². The van der Waals surface area contributed by atoms with Crippen LogP contribution in [0.5, 0.6) is 0 Å². The number of amides is 1. The van der Waals surface area contributed by atoms with Crippen LogP contribution in [0.15, 0.2) is 0 Å². The summed E-state index contributed by atoms with van der Waals surface area (Å²) >= 11 is 0. The van der Waals surface area contributed by atoms with E-state index in [1.165, 1.54) is 0 Å². The van der Waals surface area contributed by atoms with Crippen molar-refractivity contribution in [3.63, 3.8) is 0 Å². The van der Waals surface area contributed by atoms with E-state index in [0.717, 1.165) is 39.0 Å². The van der Waals surface area contributed by atoms with Gasteiger partial charge in [-0.3, -0.25) is 4.79 Å². The molecule has 2 saturated heterocycles. The Morgan fingerprint density at radius 2 is 2.00 bits per heavy atom. The quantitative estimate of drug-likeness (QED) is 0.590. The smallest absolute Gasteiger partial charge is 0.241 e. The number of piperidine rings is 1. The summed E-state index contributed by atoms with van der Waals surface area (Å²) < 4.78 is 0. The number of piperazine rings is 1. The molecular formula is C12H23N3O2. The lowest BCUT2D eigenvalue weighted by atomic mass is 9.97. The Hall–Kier alpha value is -0.650. The molecule has 0 saturated carbocycles. The number of carbonyl (C=O) groups is 1. The molecule has 0 radical (unpaired) electrons. The molecule has 98 valence electrons. The van der Waals surface area contributed by atoms with Gasteiger partial charge in [-0.15, -0.1) is 0 Å². The van der Waals surface area contributed by atoms with Gasteiger partial charge in [0.2, 0.25) is 5.91 Å². The summed E-state index contributed by atoms with van der Waals surface area (Å²) in [5.74, 6) is 0.595. The number of hydrogen-bond acceptors (Lipinski definition) is 4. The third-order valence-electron chi connectivity index (χ3n) is 3.82. The Morgan fingerprint density at radius 1 is 1.29 bits per heavy atom. The Bertz CT molecular complexity index is 256. The summed E-state index contributed by atoms with van der Waals surface area (Å²) in [6, 6.07) is 0.371. The number of aliphatic hydroxyl groups excluding tert-OH is 1. The van der Waals surface area contributed by atoms with Gasteiger partial charge >= 0.3 is 0 Å². The molecule has 0 aromatic rings. The molecule has 2 heterocycles. The van der Waals surface area contributed by atoms with E-state index >= 15 is 0 Å². The number of nitrogens with one attached hydrogen (secondary N) is 2. The van der Waals surface area contributed by atoms with E-state index in [9.17, 15) is 4.79 Å². The Balaban J connectivity index is 1.80. The first-order chi connectivity index (χ1) is 8.20. The molecule has 2 aliphatic heterocycles. The number of hydrogen-bond donors (Lipinski definition) is 3. The molecule has 1 amide bonds. The monoisotopic (exact) mass is 241 g/mol. The minimum atomic E-state index is -0.0723. The van der Waals surface area contributed by atoms with Crippen LogP contribution < -0.4 is 10.6 Å². The van der Waals surface area contributed by atoms with Crippen LogP contribution in [-0.2, 0) is 4.79 Å². The van der Waals surface area contributed by atoms with Crippen molar-refractivity contribution in [1.82, 2.24) is 15.5 Å². The maximum absolute atomic E-state index is 12.2. The average Bonchev–Trinajstić information content (AvgIpc) is 2.39. The standard InChI is InChI=1S/C12H23N3O2/c1-9-6-14-11(7-13-9)12(17)15-4-2-10(8-16)3-5-15/h9-11,13-14,16H,2-8H2,1H3. The van der Waals surface area contributed by atoms with Crippen molar-refractivity contribution >= 4 is 5.91 Å². The SMILES string of the molecule is CC1CNC(C(=O)N2CCC(CO)CC2)CN1. The average molecular weight is 241 g/mol. The van der Waals surface area contributed by atoms with Gasteiger partial charge in [-0.05, 0) is 25.7 Å². The molecule has 2 fully saturated rings. The van der Waals surface area contributed by atoms with Gasteiger partial charge in [-0.25, -0.2) is 0 Å². The molecule has 2 aliphatic rings. The van der Waals surface area contributed by atoms with Crippen LogP contribution in [-0.4, -0.2) is 60.8 Å². The molecular weight excluding hydrogens is 218 g/mol. The lowest BCUT2D eigenvalue weighted by Crippen LogP contribution is -2.60. The van der Waals surface area contributed by atoms with Crippen LogP contribution in [0.1, 0.15) is 19.8 Å². The van der Waals surface area contributed by atoms with Crippen molar-refractivity contribution in [2.45, 2.75) is 31.8 Å². The highest BCUT2D eigenvalue weighted by Crippen LogP contribution is 2.17. The lowest BCUT2D eigenvalue weighted by Gasteiger charge is -2.36. The first-order valence-electron chi connectivity index (χ1n) is 6.57. The highest BCUT2D eigenvalue weighted by molar-refractivity contribution is 5.82. The van der Waals surface area contributed by atoms with Gasteiger partial charge in [-0.2, -0.15) is 0 Å². The predicted octanol–water partition coefficient (Wildman–Crippen LogP) is -0.833. The number of likely N-dealkylation sites (tertiary alicyclic amines) is 1. The number of nitrogens with zero attached hydrogens (tertiary/aromatic N) is 1. The second-order valence-electron chi connectivity index (χ2n) is 5.22. The molecule has 3 N–H and O–H groups in total. The van der Waals surface area contributed by atoms with E-state index < -0.39 is 0 Å². The van der Waals surface area contributed by atoms with Crippen molar-refractivity contribution in [2.24, 2.45) is 5.92 Å². The van der Waals surface area contributed by atoms with Crippen LogP contribution in [0.4, 0.5) is 0 Å². The summed E-state index contributed by atoms with van der Waals surface area (Å²) in [7, 11) is 0. The molecule has 5 heteroatoms. The van der Waals surface area contributed by atoms with Crippen LogP contribution in [0.2, 0.25) is 0 Å². The topological polar surface area (TPSA) is 64.6 Å². The molecule has 0 bridgehead atoms. The zero-order valence-electron chi connectivity index (χ0n) is 10.5. The predicted molar refractivity (Wildman–Crippen MR) is 65.6 cm³/mol. The van der Waals surface area contributed by atoms with Crippen molar-refractivity contribution < 1.29 is 9.90 Å². The van der Waals surface area contributed by atoms with Gasteiger partial charge < -0.3 is 20.6 Å². The highest BCUT2D eigenvalue weighted by atomic mass is 16.3. The Kier molecular flexibility index (Phi) is 4.36. The molecule has 2 unspecified atom stereocenters. The summed E-state index contributed by atoms with van der Waals surface area (Å²) in [6.45, 7) is 5.52. The van der Waals surface area contributed by atoms with E-state index in [1.54, 1.807) is 0 Å². The first-order valence-corrected chi connectivity index (χ1v) is 6.57. The maximum atomic E-state index is 12.2. The van der Waals surface area contributed by atoms with E-state index in [1.807, 2.05) is 4.90 Å². The highest BCUT2D eigenvalue weighted by Gasteiger charge is 2.29. The second kappa shape index (κ2) is 5.80. The number of carbonyl (C=O) groups excluding carboxylic acids is 1. The fourth-order valence-electron chi connectivity index (χ4n) is 2.51. The minimum Gasteiger partial charge on any atom is -0.396 e. The molecule has 2 rings (SSSR count). The van der Waals surface area contributed by atoms with E-state index in [0.29, 0.717) is 12.0 Å². The van der Waals surface area contributed by atoms with Gasteiger partial charge in [0.05, 0.1) is 6.04 Å². The summed E-state index contributed by atoms with van der Waals surface area (Å²) in [5, 5.41) is 15.7. The normalized spacial score (nSPS) is 31.5. The number of rotatable bonds is 2. The van der Waals surface area contributed by atoms with Gasteiger partial charge in [0.15, 0.2) is 0 Å². The Morgan fingerprint density at radius 3 is 2.53 bits per heavy atom. The van der Waals surface area contributed by atoms with Crippen LogP contribution in [0.3, 0.4) is 0 Å². The molecule has 0 spiro atoms. The third kappa shape index (κ3) is 3.18. The van der Waals surface area contributed by atoms with E-state index in [-0.39, 0.29) is 18.6 Å².